The van der Waals surface area contributed by atoms with Crippen LogP contribution in [0.25, 0.3) is 0 Å². The number of hydrogen-bond donors (Lipinski definition) is 2. The lowest BCUT2D eigenvalue weighted by Crippen LogP contribution is -2.34. The van der Waals surface area contributed by atoms with Gasteiger partial charge in [-0.25, -0.2) is 4.79 Å². The van der Waals surface area contributed by atoms with Crippen LogP contribution in [-0.2, 0) is 13.1 Å². The predicted molar refractivity (Wildman–Crippen MR) is 99.6 cm³/mol. The van der Waals surface area contributed by atoms with E-state index in [1.54, 1.807) is 0 Å². The molecule has 2 aromatic carbocycles. The summed E-state index contributed by atoms with van der Waals surface area (Å²) in [5.74, 6) is 2.71. The van der Waals surface area contributed by atoms with Crippen molar-refractivity contribution in [2.24, 2.45) is 0 Å². The quantitative estimate of drug-likeness (QED) is 0.690. The Kier molecular flexibility index (Phi) is 4.82. The minimum absolute atomic E-state index is 0.205. The van der Waals surface area contributed by atoms with Gasteiger partial charge in [-0.15, -0.1) is 0 Å². The van der Waals surface area contributed by atoms with Gasteiger partial charge in [0, 0.05) is 13.1 Å². The minimum Gasteiger partial charge on any atom is -0.454 e. The number of nitrogens with one attached hydrogen (secondary N) is 2. The monoisotopic (exact) mass is 484 g/mol. The molecular weight excluding hydrogens is 472 g/mol. The fraction of sp³-hybridized carbons (Fsp3) is 0.235. The summed E-state index contributed by atoms with van der Waals surface area (Å²) in [6.45, 7) is 1.14. The lowest BCUT2D eigenvalue weighted by molar-refractivity contribution is 0.173. The number of ether oxygens (including phenoxy) is 4. The van der Waals surface area contributed by atoms with E-state index in [-0.39, 0.29) is 19.6 Å². The first-order valence-electron chi connectivity index (χ1n) is 7.78. The van der Waals surface area contributed by atoms with E-state index in [1.165, 1.54) is 0 Å². The van der Waals surface area contributed by atoms with Crippen LogP contribution >= 0.6 is 31.9 Å². The molecule has 2 N–H and O–H groups in total. The lowest BCUT2D eigenvalue weighted by atomic mass is 10.2. The lowest BCUT2D eigenvalue weighted by Gasteiger charge is -2.10. The largest absolute Gasteiger partial charge is 0.454 e. The van der Waals surface area contributed by atoms with E-state index >= 15 is 0 Å². The highest BCUT2D eigenvalue weighted by molar-refractivity contribution is 9.10. The first-order chi connectivity index (χ1) is 12.6. The third-order valence-corrected chi connectivity index (χ3v) is 5.06. The van der Waals surface area contributed by atoms with Gasteiger partial charge in [0.1, 0.15) is 0 Å². The molecule has 0 bridgehead atoms. The van der Waals surface area contributed by atoms with E-state index < -0.39 is 0 Å². The SMILES string of the molecule is O=C(NCc1cc(Br)c2c(c1)OCO2)NCc1cc(Br)c2c(c1)OCO2. The van der Waals surface area contributed by atoms with Gasteiger partial charge in [0.25, 0.3) is 0 Å². The molecule has 0 fully saturated rings. The van der Waals surface area contributed by atoms with Crippen molar-refractivity contribution in [1.29, 1.82) is 0 Å². The van der Waals surface area contributed by atoms with Crippen molar-refractivity contribution in [3.05, 3.63) is 44.3 Å². The van der Waals surface area contributed by atoms with E-state index in [0.717, 1.165) is 20.1 Å². The summed E-state index contributed by atoms with van der Waals surface area (Å²) in [6.07, 6.45) is 0. The highest BCUT2D eigenvalue weighted by Crippen LogP contribution is 2.40. The van der Waals surface area contributed by atoms with E-state index in [2.05, 4.69) is 42.5 Å². The van der Waals surface area contributed by atoms with E-state index in [1.807, 2.05) is 24.3 Å². The van der Waals surface area contributed by atoms with Crippen LogP contribution in [0, 0.1) is 0 Å². The third kappa shape index (κ3) is 3.54. The number of halogens is 2. The Morgan fingerprint density at radius 3 is 1.73 bits per heavy atom. The van der Waals surface area contributed by atoms with Crippen LogP contribution in [0.3, 0.4) is 0 Å². The molecule has 0 saturated heterocycles. The average molecular weight is 486 g/mol. The fourth-order valence-corrected chi connectivity index (χ4v) is 3.88. The van der Waals surface area contributed by atoms with Gasteiger partial charge in [-0.2, -0.15) is 0 Å². The van der Waals surface area contributed by atoms with Crippen molar-refractivity contribution in [3.63, 3.8) is 0 Å². The highest BCUT2D eigenvalue weighted by atomic mass is 79.9. The van der Waals surface area contributed by atoms with Crippen molar-refractivity contribution < 1.29 is 23.7 Å². The summed E-state index contributed by atoms with van der Waals surface area (Å²) in [4.78, 5) is 12.1. The van der Waals surface area contributed by atoms with Gasteiger partial charge in [0.05, 0.1) is 8.95 Å². The number of carbonyl (C=O) groups is 1. The predicted octanol–water partition coefficient (Wildman–Crippen LogP) is 3.67. The molecule has 2 aliphatic heterocycles. The summed E-state index contributed by atoms with van der Waals surface area (Å²) in [5, 5.41) is 5.64. The Bertz CT molecular complexity index is 805. The fourth-order valence-electron chi connectivity index (χ4n) is 2.67. The zero-order chi connectivity index (χ0) is 18.1. The number of hydrogen-bond acceptors (Lipinski definition) is 5. The second kappa shape index (κ2) is 7.24. The van der Waals surface area contributed by atoms with E-state index in [4.69, 9.17) is 18.9 Å². The van der Waals surface area contributed by atoms with Crippen LogP contribution in [0.2, 0.25) is 0 Å². The molecule has 0 saturated carbocycles. The van der Waals surface area contributed by atoms with Crippen LogP contribution in [0.4, 0.5) is 4.79 Å². The summed E-state index contributed by atoms with van der Waals surface area (Å²) in [6, 6.07) is 7.21. The molecule has 4 rings (SSSR count). The Morgan fingerprint density at radius 2 is 1.27 bits per heavy atom. The van der Waals surface area contributed by atoms with Gasteiger partial charge in [0.15, 0.2) is 23.0 Å². The Morgan fingerprint density at radius 1 is 0.808 bits per heavy atom. The zero-order valence-corrected chi connectivity index (χ0v) is 16.6. The molecule has 136 valence electrons. The Hall–Kier alpha value is -2.13. The molecule has 0 atom stereocenters. The molecule has 2 aliphatic rings. The third-order valence-electron chi connectivity index (χ3n) is 3.88. The molecule has 2 heterocycles. The van der Waals surface area contributed by atoms with Crippen LogP contribution in [0.5, 0.6) is 23.0 Å². The smallest absolute Gasteiger partial charge is 0.315 e. The maximum atomic E-state index is 12.1. The van der Waals surface area contributed by atoms with Gasteiger partial charge in [-0.3, -0.25) is 0 Å². The number of amides is 2. The second-order valence-corrected chi connectivity index (χ2v) is 7.37. The molecule has 0 aromatic heterocycles. The maximum absolute atomic E-state index is 12.1. The molecule has 0 radical (unpaired) electrons. The Balaban J connectivity index is 1.32. The van der Waals surface area contributed by atoms with Crippen molar-refractivity contribution in [1.82, 2.24) is 10.6 Å². The molecule has 0 unspecified atom stereocenters. The van der Waals surface area contributed by atoms with Gasteiger partial charge in [-0.1, -0.05) is 0 Å². The number of benzene rings is 2. The number of rotatable bonds is 4. The highest BCUT2D eigenvalue weighted by Gasteiger charge is 2.19. The van der Waals surface area contributed by atoms with Crippen LogP contribution in [0.15, 0.2) is 33.2 Å². The van der Waals surface area contributed by atoms with Crippen LogP contribution in [-0.4, -0.2) is 19.6 Å². The average Bonchev–Trinajstić information content (AvgIpc) is 3.27. The zero-order valence-electron chi connectivity index (χ0n) is 13.4. The maximum Gasteiger partial charge on any atom is 0.315 e. The summed E-state index contributed by atoms with van der Waals surface area (Å²) in [7, 11) is 0. The molecule has 26 heavy (non-hydrogen) atoms. The normalized spacial score (nSPS) is 13.6. The second-order valence-electron chi connectivity index (χ2n) is 5.66. The van der Waals surface area contributed by atoms with Crippen LogP contribution in [0.1, 0.15) is 11.1 Å². The minimum atomic E-state index is -0.271. The summed E-state index contributed by atoms with van der Waals surface area (Å²) >= 11 is 6.88. The first-order valence-corrected chi connectivity index (χ1v) is 9.36. The number of urea groups is 1. The molecule has 0 spiro atoms. The van der Waals surface area contributed by atoms with E-state index in [9.17, 15) is 4.79 Å². The molecule has 0 aliphatic carbocycles. The van der Waals surface area contributed by atoms with Crippen molar-refractivity contribution in [2.75, 3.05) is 13.6 Å². The molecule has 2 amide bonds. The molecule has 7 nitrogen and oxygen atoms in total. The Labute approximate surface area is 166 Å². The molecule has 9 heteroatoms. The van der Waals surface area contributed by atoms with Gasteiger partial charge >= 0.3 is 6.03 Å². The van der Waals surface area contributed by atoms with Crippen molar-refractivity contribution in [3.8, 4) is 23.0 Å². The first kappa shape index (κ1) is 17.3. The summed E-state index contributed by atoms with van der Waals surface area (Å²) < 4.78 is 23.0. The number of fused-ring (bicyclic) bond motifs is 2. The van der Waals surface area contributed by atoms with Gasteiger partial charge in [-0.05, 0) is 67.3 Å². The van der Waals surface area contributed by atoms with Gasteiger partial charge < -0.3 is 29.6 Å². The standard InChI is InChI=1S/C17H14Br2N2O5/c18-11-1-9(3-13-15(11)25-7-23-13)5-20-17(22)21-6-10-2-12(19)16-14(4-10)24-8-26-16/h1-4H,5-8H2,(H2,20,21,22). The number of carbonyl (C=O) groups excluding carboxylic acids is 1. The summed E-state index contributed by atoms with van der Waals surface area (Å²) in [5.41, 5.74) is 1.81. The van der Waals surface area contributed by atoms with Gasteiger partial charge in [0.2, 0.25) is 13.6 Å². The van der Waals surface area contributed by atoms with E-state index in [0.29, 0.717) is 36.1 Å². The van der Waals surface area contributed by atoms with Crippen molar-refractivity contribution >= 4 is 37.9 Å². The molecule has 2 aromatic rings. The molecular formula is C17H14Br2N2O5. The van der Waals surface area contributed by atoms with Crippen molar-refractivity contribution in [2.45, 2.75) is 13.1 Å². The van der Waals surface area contributed by atoms with Crippen LogP contribution < -0.4 is 29.6 Å². The topological polar surface area (TPSA) is 78.1 Å².